The first kappa shape index (κ1) is 18.8. The number of nitrogens with zero attached hydrogens (tertiary/aromatic N) is 3. The van der Waals surface area contributed by atoms with Gasteiger partial charge in [-0.2, -0.15) is 0 Å². The lowest BCUT2D eigenvalue weighted by atomic mass is 10.2. The van der Waals surface area contributed by atoms with Crippen molar-refractivity contribution < 1.29 is 14.3 Å². The van der Waals surface area contributed by atoms with E-state index in [1.165, 1.54) is 6.20 Å². The van der Waals surface area contributed by atoms with Crippen molar-refractivity contribution in [3.8, 4) is 0 Å². The van der Waals surface area contributed by atoms with E-state index in [1.807, 2.05) is 18.2 Å². The molecule has 1 aliphatic heterocycles. The van der Waals surface area contributed by atoms with Gasteiger partial charge in [0, 0.05) is 57.3 Å². The van der Waals surface area contributed by atoms with Crippen molar-refractivity contribution in [1.29, 1.82) is 0 Å². The van der Waals surface area contributed by atoms with Crippen LogP contribution in [0.2, 0.25) is 0 Å². The maximum absolute atomic E-state index is 12.8. The predicted octanol–water partition coefficient (Wildman–Crippen LogP) is 1.42. The average molecular weight is 368 g/mol. The van der Waals surface area contributed by atoms with Crippen molar-refractivity contribution in [3.05, 3.63) is 59.9 Å². The van der Waals surface area contributed by atoms with Gasteiger partial charge in [0.1, 0.15) is 5.69 Å². The number of methoxy groups -OCH3 is 1. The van der Waals surface area contributed by atoms with Crippen molar-refractivity contribution in [2.24, 2.45) is 0 Å². The second kappa shape index (κ2) is 9.14. The molecule has 7 heteroatoms. The highest BCUT2D eigenvalue weighted by molar-refractivity contribution is 5.98. The quantitative estimate of drug-likeness (QED) is 0.781. The number of carbonyl (C=O) groups is 2. The summed E-state index contributed by atoms with van der Waals surface area (Å²) < 4.78 is 4.92. The lowest BCUT2D eigenvalue weighted by Gasteiger charge is -2.36. The number of pyridine rings is 1. The molecule has 1 aliphatic rings. The molecule has 0 bridgehead atoms. The lowest BCUT2D eigenvalue weighted by Crippen LogP contribution is -2.49. The average Bonchev–Trinajstić information content (AvgIpc) is 2.74. The van der Waals surface area contributed by atoms with Crippen LogP contribution < -0.4 is 10.2 Å². The molecule has 1 aromatic heterocycles. The minimum atomic E-state index is -0.239. The Morgan fingerprint density at radius 1 is 1.11 bits per heavy atom. The summed E-state index contributed by atoms with van der Waals surface area (Å²) in [5.74, 6) is -0.383. The topological polar surface area (TPSA) is 74.8 Å². The molecule has 1 aromatic carbocycles. The molecule has 1 N–H and O–H groups in total. The van der Waals surface area contributed by atoms with E-state index >= 15 is 0 Å². The van der Waals surface area contributed by atoms with E-state index in [0.717, 1.165) is 18.8 Å². The van der Waals surface area contributed by atoms with Gasteiger partial charge >= 0.3 is 0 Å². The summed E-state index contributed by atoms with van der Waals surface area (Å²) >= 11 is 0. The molecule has 2 heterocycles. The number of benzene rings is 1. The molecule has 7 nitrogen and oxygen atoms in total. The van der Waals surface area contributed by atoms with Crippen molar-refractivity contribution in [1.82, 2.24) is 15.2 Å². The zero-order valence-electron chi connectivity index (χ0n) is 15.4. The predicted molar refractivity (Wildman–Crippen MR) is 103 cm³/mol. The van der Waals surface area contributed by atoms with E-state index in [9.17, 15) is 9.59 Å². The Hall–Kier alpha value is -2.93. The molecule has 1 saturated heterocycles. The molecule has 1 fully saturated rings. The van der Waals surface area contributed by atoms with E-state index < -0.39 is 0 Å². The van der Waals surface area contributed by atoms with Gasteiger partial charge in [-0.15, -0.1) is 0 Å². The molecule has 0 atom stereocenters. The number of nitrogens with one attached hydrogen (secondary N) is 1. The molecular formula is C20H24N4O3. The number of rotatable bonds is 6. The Morgan fingerprint density at radius 3 is 2.56 bits per heavy atom. The first-order valence-corrected chi connectivity index (χ1v) is 9.01. The van der Waals surface area contributed by atoms with Crippen LogP contribution in [0.5, 0.6) is 0 Å². The fourth-order valence-corrected chi connectivity index (χ4v) is 3.03. The van der Waals surface area contributed by atoms with Gasteiger partial charge in [-0.25, -0.2) is 0 Å². The first-order valence-electron chi connectivity index (χ1n) is 9.01. The normalized spacial score (nSPS) is 14.1. The first-order chi connectivity index (χ1) is 13.2. The van der Waals surface area contributed by atoms with Crippen LogP contribution in [0.25, 0.3) is 0 Å². The third kappa shape index (κ3) is 4.83. The molecule has 0 saturated carbocycles. The molecule has 0 spiro atoms. The Labute approximate surface area is 158 Å². The maximum atomic E-state index is 12.8. The molecule has 3 rings (SSSR count). The summed E-state index contributed by atoms with van der Waals surface area (Å²) in [6.45, 7) is 3.65. The van der Waals surface area contributed by atoms with Gasteiger partial charge in [0.25, 0.3) is 11.8 Å². The lowest BCUT2D eigenvalue weighted by molar-refractivity contribution is 0.0741. The van der Waals surface area contributed by atoms with Crippen molar-refractivity contribution >= 4 is 17.5 Å². The fraction of sp³-hybridized carbons (Fsp3) is 0.350. The van der Waals surface area contributed by atoms with E-state index in [2.05, 4.69) is 27.3 Å². The van der Waals surface area contributed by atoms with Crippen LogP contribution in [-0.4, -0.2) is 68.1 Å². The highest BCUT2D eigenvalue weighted by atomic mass is 16.5. The van der Waals surface area contributed by atoms with Gasteiger partial charge in [-0.05, 0) is 24.3 Å². The highest BCUT2D eigenvalue weighted by Gasteiger charge is 2.23. The second-order valence-corrected chi connectivity index (χ2v) is 6.29. The number of ether oxygens (including phenoxy) is 1. The molecular weight excluding hydrogens is 344 g/mol. The Kier molecular flexibility index (Phi) is 6.38. The van der Waals surface area contributed by atoms with Crippen molar-refractivity contribution in [3.63, 3.8) is 0 Å². The van der Waals surface area contributed by atoms with Crippen molar-refractivity contribution in [2.75, 3.05) is 51.3 Å². The Bertz CT molecular complexity index is 774. The molecule has 0 aliphatic carbocycles. The number of piperazine rings is 1. The van der Waals surface area contributed by atoms with Crippen LogP contribution in [-0.2, 0) is 4.74 Å². The maximum Gasteiger partial charge on any atom is 0.272 e. The summed E-state index contributed by atoms with van der Waals surface area (Å²) in [4.78, 5) is 33.1. The van der Waals surface area contributed by atoms with Gasteiger partial charge in [0.2, 0.25) is 0 Å². The van der Waals surface area contributed by atoms with Crippen LogP contribution in [0.1, 0.15) is 20.8 Å². The monoisotopic (exact) mass is 368 g/mol. The largest absolute Gasteiger partial charge is 0.383 e. The Balaban J connectivity index is 1.60. The van der Waals surface area contributed by atoms with E-state index in [0.29, 0.717) is 37.5 Å². The summed E-state index contributed by atoms with van der Waals surface area (Å²) in [6, 6.07) is 13.3. The molecule has 0 unspecified atom stereocenters. The fourth-order valence-electron chi connectivity index (χ4n) is 3.03. The minimum Gasteiger partial charge on any atom is -0.383 e. The molecule has 2 aromatic rings. The molecule has 27 heavy (non-hydrogen) atoms. The van der Waals surface area contributed by atoms with Gasteiger partial charge in [0.05, 0.1) is 6.61 Å². The number of amides is 2. The summed E-state index contributed by atoms with van der Waals surface area (Å²) in [5, 5.41) is 2.75. The van der Waals surface area contributed by atoms with Crippen molar-refractivity contribution in [2.45, 2.75) is 0 Å². The van der Waals surface area contributed by atoms with E-state index in [4.69, 9.17) is 4.74 Å². The number of hydrogen-bond acceptors (Lipinski definition) is 5. The standard InChI is InChI=1S/C20H24N4O3/c1-27-14-9-22-19(25)16-7-8-21-18(15-16)20(26)24-12-10-23(11-13-24)17-5-3-2-4-6-17/h2-8,15H,9-14H2,1H3,(H,22,25). The summed E-state index contributed by atoms with van der Waals surface area (Å²) in [7, 11) is 1.58. The number of carbonyl (C=O) groups excluding carboxylic acids is 2. The highest BCUT2D eigenvalue weighted by Crippen LogP contribution is 2.16. The van der Waals surface area contributed by atoms with Crippen LogP contribution in [0.3, 0.4) is 0 Å². The van der Waals surface area contributed by atoms with Crippen LogP contribution >= 0.6 is 0 Å². The van der Waals surface area contributed by atoms with Gasteiger partial charge in [-0.1, -0.05) is 18.2 Å². The van der Waals surface area contributed by atoms with E-state index in [-0.39, 0.29) is 11.8 Å². The molecule has 2 amide bonds. The third-order valence-corrected chi connectivity index (χ3v) is 4.52. The van der Waals surface area contributed by atoms with Gasteiger partial charge in [0.15, 0.2) is 0 Å². The van der Waals surface area contributed by atoms with Gasteiger partial charge in [-0.3, -0.25) is 14.6 Å². The zero-order valence-corrected chi connectivity index (χ0v) is 15.4. The SMILES string of the molecule is COCCNC(=O)c1ccnc(C(=O)N2CCN(c3ccccc3)CC2)c1. The molecule has 142 valence electrons. The van der Waals surface area contributed by atoms with E-state index in [1.54, 1.807) is 24.1 Å². The van der Waals surface area contributed by atoms with Crippen LogP contribution in [0.15, 0.2) is 48.7 Å². The smallest absolute Gasteiger partial charge is 0.272 e. The zero-order chi connectivity index (χ0) is 19.1. The van der Waals surface area contributed by atoms with Crippen LogP contribution in [0, 0.1) is 0 Å². The number of aromatic nitrogens is 1. The second-order valence-electron chi connectivity index (χ2n) is 6.29. The van der Waals surface area contributed by atoms with Crippen LogP contribution in [0.4, 0.5) is 5.69 Å². The summed E-state index contributed by atoms with van der Waals surface area (Å²) in [5.41, 5.74) is 1.88. The number of anilines is 1. The number of para-hydroxylation sites is 1. The minimum absolute atomic E-state index is 0.144. The number of hydrogen-bond donors (Lipinski definition) is 1. The molecule has 0 radical (unpaired) electrons. The summed E-state index contributed by atoms with van der Waals surface area (Å²) in [6.07, 6.45) is 1.50. The Morgan fingerprint density at radius 2 is 1.85 bits per heavy atom. The van der Waals surface area contributed by atoms with Gasteiger partial charge < -0.3 is 19.9 Å². The third-order valence-electron chi connectivity index (χ3n) is 4.52.